The molecule has 0 spiro atoms. The van der Waals surface area contributed by atoms with Crippen molar-refractivity contribution in [1.82, 2.24) is 10.6 Å². The lowest BCUT2D eigenvalue weighted by Crippen LogP contribution is -2.49. The predicted octanol–water partition coefficient (Wildman–Crippen LogP) is 3.73. The SMILES string of the molecule is N#CCNC(=O)C(Cc1ccccc1)NC(=O)Nc1ccc(-c2ccccc2)cc1. The molecule has 3 N–H and O–H groups in total. The normalized spacial score (nSPS) is 11.0. The zero-order valence-electron chi connectivity index (χ0n) is 16.3. The van der Waals surface area contributed by atoms with E-state index in [-0.39, 0.29) is 6.54 Å². The van der Waals surface area contributed by atoms with Gasteiger partial charge in [0.15, 0.2) is 0 Å². The minimum Gasteiger partial charge on any atom is -0.341 e. The maximum Gasteiger partial charge on any atom is 0.319 e. The first-order valence-corrected chi connectivity index (χ1v) is 9.57. The number of urea groups is 1. The van der Waals surface area contributed by atoms with Gasteiger partial charge in [-0.15, -0.1) is 0 Å². The highest BCUT2D eigenvalue weighted by atomic mass is 16.2. The van der Waals surface area contributed by atoms with Gasteiger partial charge in [-0.3, -0.25) is 4.79 Å². The third-order valence-electron chi connectivity index (χ3n) is 4.50. The highest BCUT2D eigenvalue weighted by molar-refractivity contribution is 5.94. The lowest BCUT2D eigenvalue weighted by Gasteiger charge is -2.18. The van der Waals surface area contributed by atoms with E-state index in [9.17, 15) is 9.59 Å². The van der Waals surface area contributed by atoms with Gasteiger partial charge in [-0.1, -0.05) is 72.8 Å². The Bertz CT molecular complexity index is 1010. The topological polar surface area (TPSA) is 94.0 Å². The Morgan fingerprint density at radius 3 is 2.07 bits per heavy atom. The maximum atomic E-state index is 12.5. The van der Waals surface area contributed by atoms with Crippen LogP contribution in [0.3, 0.4) is 0 Å². The molecule has 0 aliphatic carbocycles. The van der Waals surface area contributed by atoms with E-state index in [0.717, 1.165) is 16.7 Å². The van der Waals surface area contributed by atoms with Crippen molar-refractivity contribution in [2.24, 2.45) is 0 Å². The molecule has 30 heavy (non-hydrogen) atoms. The van der Waals surface area contributed by atoms with Gasteiger partial charge in [0.2, 0.25) is 5.91 Å². The van der Waals surface area contributed by atoms with E-state index in [1.54, 1.807) is 0 Å². The van der Waals surface area contributed by atoms with Crippen LogP contribution in [0.15, 0.2) is 84.9 Å². The molecule has 0 fully saturated rings. The summed E-state index contributed by atoms with van der Waals surface area (Å²) in [5.74, 6) is -0.407. The van der Waals surface area contributed by atoms with Crippen molar-refractivity contribution in [1.29, 1.82) is 5.26 Å². The second-order valence-electron chi connectivity index (χ2n) is 6.66. The maximum absolute atomic E-state index is 12.5. The second-order valence-corrected chi connectivity index (χ2v) is 6.66. The Balaban J connectivity index is 1.64. The van der Waals surface area contributed by atoms with Crippen molar-refractivity contribution < 1.29 is 9.59 Å². The summed E-state index contributed by atoms with van der Waals surface area (Å²) in [6.45, 7) is -0.117. The average molecular weight is 398 g/mol. The summed E-state index contributed by atoms with van der Waals surface area (Å²) < 4.78 is 0. The van der Waals surface area contributed by atoms with Crippen LogP contribution in [0.4, 0.5) is 10.5 Å². The van der Waals surface area contributed by atoms with Crippen molar-refractivity contribution in [3.63, 3.8) is 0 Å². The second kappa shape index (κ2) is 10.4. The molecule has 1 unspecified atom stereocenters. The number of carbonyl (C=O) groups excluding carboxylic acids is 2. The molecule has 6 heteroatoms. The van der Waals surface area contributed by atoms with Gasteiger partial charge in [0.05, 0.1) is 6.07 Å². The number of benzene rings is 3. The molecule has 3 amide bonds. The number of hydrogen-bond acceptors (Lipinski definition) is 3. The number of nitrogens with zero attached hydrogens (tertiary/aromatic N) is 1. The monoisotopic (exact) mass is 398 g/mol. The van der Waals surface area contributed by atoms with Crippen molar-refractivity contribution in [3.8, 4) is 17.2 Å². The molecule has 1 atom stereocenters. The first kappa shape index (κ1) is 20.6. The van der Waals surface area contributed by atoms with Gasteiger partial charge in [0.1, 0.15) is 12.6 Å². The predicted molar refractivity (Wildman–Crippen MR) is 117 cm³/mol. The smallest absolute Gasteiger partial charge is 0.319 e. The van der Waals surface area contributed by atoms with Crippen LogP contribution < -0.4 is 16.0 Å². The summed E-state index contributed by atoms with van der Waals surface area (Å²) in [6.07, 6.45) is 0.318. The van der Waals surface area contributed by atoms with E-state index in [2.05, 4.69) is 16.0 Å². The molecule has 0 aliphatic heterocycles. The Labute approximate surface area is 175 Å². The van der Waals surface area contributed by atoms with E-state index in [1.165, 1.54) is 0 Å². The van der Waals surface area contributed by atoms with Crippen molar-refractivity contribution in [2.45, 2.75) is 12.5 Å². The largest absolute Gasteiger partial charge is 0.341 e. The third-order valence-corrected chi connectivity index (χ3v) is 4.50. The van der Waals surface area contributed by atoms with Crippen LogP contribution in [0.1, 0.15) is 5.56 Å². The number of amides is 3. The van der Waals surface area contributed by atoms with E-state index < -0.39 is 18.0 Å². The highest BCUT2D eigenvalue weighted by Gasteiger charge is 2.21. The Hall–Kier alpha value is -4.11. The van der Waals surface area contributed by atoms with E-state index >= 15 is 0 Å². The number of carbonyl (C=O) groups is 2. The van der Waals surface area contributed by atoms with Crippen LogP contribution in [0, 0.1) is 11.3 Å². The van der Waals surface area contributed by atoms with Gasteiger partial charge in [0.25, 0.3) is 0 Å². The van der Waals surface area contributed by atoms with Crippen LogP contribution in [0.5, 0.6) is 0 Å². The van der Waals surface area contributed by atoms with Crippen molar-refractivity contribution >= 4 is 17.6 Å². The molecule has 0 heterocycles. The molecular formula is C24H22N4O2. The minimum absolute atomic E-state index is 0.117. The van der Waals surface area contributed by atoms with Crippen LogP contribution in [0.2, 0.25) is 0 Å². The van der Waals surface area contributed by atoms with Crippen molar-refractivity contribution in [2.75, 3.05) is 11.9 Å². The lowest BCUT2D eigenvalue weighted by molar-refractivity contribution is -0.122. The molecule has 0 bridgehead atoms. The molecule has 0 aromatic heterocycles. The highest BCUT2D eigenvalue weighted by Crippen LogP contribution is 2.21. The van der Waals surface area contributed by atoms with E-state index in [1.807, 2.05) is 91.0 Å². The summed E-state index contributed by atoms with van der Waals surface area (Å²) in [5.41, 5.74) is 3.65. The number of hydrogen-bond donors (Lipinski definition) is 3. The quantitative estimate of drug-likeness (QED) is 0.530. The van der Waals surface area contributed by atoms with Gasteiger partial charge in [-0.05, 0) is 28.8 Å². The molecule has 0 radical (unpaired) electrons. The summed E-state index contributed by atoms with van der Waals surface area (Å²) in [5, 5.41) is 16.7. The Morgan fingerprint density at radius 1 is 0.833 bits per heavy atom. The van der Waals surface area contributed by atoms with Crippen LogP contribution in [0.25, 0.3) is 11.1 Å². The molecular weight excluding hydrogens is 376 g/mol. The fraction of sp³-hybridized carbons (Fsp3) is 0.125. The van der Waals surface area contributed by atoms with Gasteiger partial charge in [0, 0.05) is 12.1 Å². The zero-order valence-corrected chi connectivity index (χ0v) is 16.3. The first-order valence-electron chi connectivity index (χ1n) is 9.57. The molecule has 6 nitrogen and oxygen atoms in total. The summed E-state index contributed by atoms with van der Waals surface area (Å²) in [7, 11) is 0. The minimum atomic E-state index is -0.802. The molecule has 0 saturated heterocycles. The molecule has 0 saturated carbocycles. The first-order chi connectivity index (χ1) is 14.7. The van der Waals surface area contributed by atoms with Crippen LogP contribution in [-0.4, -0.2) is 24.5 Å². The molecule has 3 aromatic carbocycles. The standard InChI is InChI=1S/C24H22N4O2/c25-15-16-26-23(29)22(17-18-7-3-1-4-8-18)28-24(30)27-21-13-11-20(12-14-21)19-9-5-2-6-10-19/h1-14,22H,16-17H2,(H,26,29)(H2,27,28,30). The summed E-state index contributed by atoms with van der Waals surface area (Å²) in [6, 6.07) is 27.4. The molecule has 3 aromatic rings. The molecule has 3 rings (SSSR count). The Morgan fingerprint density at radius 2 is 1.43 bits per heavy atom. The third kappa shape index (κ3) is 5.94. The van der Waals surface area contributed by atoms with Gasteiger partial charge in [-0.25, -0.2) is 4.79 Å². The van der Waals surface area contributed by atoms with Crippen LogP contribution >= 0.6 is 0 Å². The van der Waals surface area contributed by atoms with Gasteiger partial charge in [-0.2, -0.15) is 5.26 Å². The molecule has 0 aliphatic rings. The summed E-state index contributed by atoms with van der Waals surface area (Å²) in [4.78, 5) is 24.9. The van der Waals surface area contributed by atoms with E-state index in [4.69, 9.17) is 5.26 Å². The lowest BCUT2D eigenvalue weighted by atomic mass is 10.1. The fourth-order valence-corrected chi connectivity index (χ4v) is 3.01. The average Bonchev–Trinajstić information content (AvgIpc) is 2.79. The fourth-order valence-electron chi connectivity index (χ4n) is 3.01. The van der Waals surface area contributed by atoms with Crippen molar-refractivity contribution in [3.05, 3.63) is 90.5 Å². The van der Waals surface area contributed by atoms with Gasteiger partial charge >= 0.3 is 6.03 Å². The Kier molecular flexibility index (Phi) is 7.17. The number of nitriles is 1. The number of rotatable bonds is 7. The van der Waals surface area contributed by atoms with Crippen LogP contribution in [-0.2, 0) is 11.2 Å². The number of nitrogens with one attached hydrogen (secondary N) is 3. The van der Waals surface area contributed by atoms with Gasteiger partial charge < -0.3 is 16.0 Å². The number of anilines is 1. The summed E-state index contributed by atoms with van der Waals surface area (Å²) >= 11 is 0. The zero-order chi connectivity index (χ0) is 21.2. The molecule has 150 valence electrons. The van der Waals surface area contributed by atoms with E-state index in [0.29, 0.717) is 12.1 Å².